The van der Waals surface area contributed by atoms with E-state index in [9.17, 15) is 13.2 Å². The summed E-state index contributed by atoms with van der Waals surface area (Å²) in [5.41, 5.74) is 3.58. The number of benzene rings is 3. The molecule has 0 aliphatic carbocycles. The van der Waals surface area contributed by atoms with Crippen LogP contribution in [0.3, 0.4) is 0 Å². The molecule has 8 heteroatoms. The third-order valence-electron chi connectivity index (χ3n) is 4.46. The summed E-state index contributed by atoms with van der Waals surface area (Å²) in [6.07, 6.45) is 1.45. The summed E-state index contributed by atoms with van der Waals surface area (Å²) >= 11 is 5.85. The van der Waals surface area contributed by atoms with E-state index in [1.54, 1.807) is 66.7 Å². The number of sulfone groups is 1. The topological polar surface area (TPSA) is 91.4 Å². The van der Waals surface area contributed by atoms with E-state index in [-0.39, 0.29) is 15.5 Å². The molecule has 1 amide bonds. The molecular formula is C22H16ClN3O3S. The molecule has 0 saturated carbocycles. The standard InChI is InChI=1S/C22H16ClN3O3S/c23-16-12-10-15(11-13-16)14-24-26-22(27)20-21(18-8-4-5-9-19(18)25-20)30(28,29)17-6-2-1-3-7-17/h1-14,25H,(H,26,27)/b24-14-. The van der Waals surface area contributed by atoms with Crippen molar-refractivity contribution in [2.45, 2.75) is 9.79 Å². The summed E-state index contributed by atoms with van der Waals surface area (Å²) in [7, 11) is -3.94. The molecule has 0 saturated heterocycles. The number of rotatable bonds is 5. The largest absolute Gasteiger partial charge is 0.349 e. The van der Waals surface area contributed by atoms with Crippen molar-refractivity contribution >= 4 is 44.5 Å². The Balaban J connectivity index is 1.73. The number of carbonyl (C=O) groups excluding carboxylic acids is 1. The minimum atomic E-state index is -3.94. The summed E-state index contributed by atoms with van der Waals surface area (Å²) in [6, 6.07) is 21.7. The normalized spacial score (nSPS) is 11.8. The number of H-pyrrole nitrogens is 1. The van der Waals surface area contributed by atoms with Gasteiger partial charge in [0.25, 0.3) is 5.91 Å². The molecule has 0 spiro atoms. The van der Waals surface area contributed by atoms with Crippen molar-refractivity contribution in [2.75, 3.05) is 0 Å². The smallest absolute Gasteiger partial charge is 0.289 e. The number of hydrogen-bond acceptors (Lipinski definition) is 4. The molecule has 1 heterocycles. The molecule has 0 fully saturated rings. The average molecular weight is 438 g/mol. The van der Waals surface area contributed by atoms with Gasteiger partial charge < -0.3 is 4.98 Å². The maximum absolute atomic E-state index is 13.3. The summed E-state index contributed by atoms with van der Waals surface area (Å²) in [5.74, 6) is -0.661. The van der Waals surface area contributed by atoms with Crippen LogP contribution in [0.5, 0.6) is 0 Å². The van der Waals surface area contributed by atoms with E-state index in [4.69, 9.17) is 11.6 Å². The van der Waals surface area contributed by atoms with Gasteiger partial charge in [-0.25, -0.2) is 13.8 Å². The van der Waals surface area contributed by atoms with Crippen molar-refractivity contribution in [1.82, 2.24) is 10.4 Å². The van der Waals surface area contributed by atoms with Gasteiger partial charge in [0, 0.05) is 15.9 Å². The van der Waals surface area contributed by atoms with Crippen LogP contribution in [-0.4, -0.2) is 25.5 Å². The minimum Gasteiger partial charge on any atom is -0.349 e. The number of para-hydroxylation sites is 1. The van der Waals surface area contributed by atoms with E-state index >= 15 is 0 Å². The van der Waals surface area contributed by atoms with E-state index in [1.165, 1.54) is 18.3 Å². The van der Waals surface area contributed by atoms with E-state index in [2.05, 4.69) is 15.5 Å². The number of hydrazone groups is 1. The Labute approximate surface area is 178 Å². The highest BCUT2D eigenvalue weighted by molar-refractivity contribution is 7.91. The molecule has 0 atom stereocenters. The fourth-order valence-electron chi connectivity index (χ4n) is 3.04. The second-order valence-corrected chi connectivity index (χ2v) is 8.76. The highest BCUT2D eigenvalue weighted by Crippen LogP contribution is 2.31. The molecule has 3 aromatic carbocycles. The molecule has 1 aromatic heterocycles. The summed E-state index contributed by atoms with van der Waals surface area (Å²) in [5, 5.41) is 4.96. The van der Waals surface area contributed by atoms with Gasteiger partial charge in [-0.15, -0.1) is 0 Å². The van der Waals surface area contributed by atoms with E-state index in [0.717, 1.165) is 5.56 Å². The third-order valence-corrected chi connectivity index (χ3v) is 6.56. The van der Waals surface area contributed by atoms with Crippen molar-refractivity contribution in [3.8, 4) is 0 Å². The zero-order valence-electron chi connectivity index (χ0n) is 15.5. The number of hydrogen-bond donors (Lipinski definition) is 2. The molecule has 0 bridgehead atoms. The first kappa shape index (κ1) is 19.9. The van der Waals surface area contributed by atoms with Crippen LogP contribution in [0, 0.1) is 0 Å². The van der Waals surface area contributed by atoms with Crippen molar-refractivity contribution in [2.24, 2.45) is 5.10 Å². The zero-order chi connectivity index (χ0) is 21.1. The number of aromatic nitrogens is 1. The summed E-state index contributed by atoms with van der Waals surface area (Å²) in [4.78, 5) is 15.8. The van der Waals surface area contributed by atoms with Crippen molar-refractivity contribution in [3.63, 3.8) is 0 Å². The number of amides is 1. The Morgan fingerprint density at radius 2 is 1.60 bits per heavy atom. The molecule has 4 rings (SSSR count). The van der Waals surface area contributed by atoms with Gasteiger partial charge in [0.2, 0.25) is 9.84 Å². The lowest BCUT2D eigenvalue weighted by atomic mass is 10.2. The predicted molar refractivity (Wildman–Crippen MR) is 117 cm³/mol. The molecule has 0 aliphatic heterocycles. The lowest BCUT2D eigenvalue weighted by molar-refractivity contribution is 0.0947. The second kappa shape index (κ2) is 8.14. The number of aromatic amines is 1. The highest BCUT2D eigenvalue weighted by Gasteiger charge is 2.29. The predicted octanol–water partition coefficient (Wildman–Crippen LogP) is 4.42. The van der Waals surface area contributed by atoms with Gasteiger partial charge in [0.05, 0.1) is 11.1 Å². The fourth-order valence-corrected chi connectivity index (χ4v) is 4.80. The van der Waals surface area contributed by atoms with Gasteiger partial charge in [0.1, 0.15) is 10.6 Å². The first-order chi connectivity index (χ1) is 14.5. The van der Waals surface area contributed by atoms with Crippen LogP contribution < -0.4 is 5.43 Å². The molecule has 4 aromatic rings. The SMILES string of the molecule is O=C(N/N=C\c1ccc(Cl)cc1)c1[nH]c2ccccc2c1S(=O)(=O)c1ccccc1. The Morgan fingerprint density at radius 1 is 0.933 bits per heavy atom. The van der Waals surface area contributed by atoms with Gasteiger partial charge in [-0.2, -0.15) is 5.10 Å². The Bertz CT molecular complexity index is 1350. The van der Waals surface area contributed by atoms with Gasteiger partial charge in [-0.1, -0.05) is 60.1 Å². The van der Waals surface area contributed by atoms with Gasteiger partial charge in [0.15, 0.2) is 0 Å². The first-order valence-electron chi connectivity index (χ1n) is 8.96. The highest BCUT2D eigenvalue weighted by atomic mass is 35.5. The van der Waals surface area contributed by atoms with E-state index < -0.39 is 15.7 Å². The maximum atomic E-state index is 13.3. The molecule has 0 unspecified atom stereocenters. The van der Waals surface area contributed by atoms with Crippen LogP contribution in [0.15, 0.2) is 93.8 Å². The fraction of sp³-hybridized carbons (Fsp3) is 0. The van der Waals surface area contributed by atoms with Crippen LogP contribution in [0.1, 0.15) is 16.1 Å². The van der Waals surface area contributed by atoms with Gasteiger partial charge in [-0.05, 0) is 35.9 Å². The lowest BCUT2D eigenvalue weighted by Gasteiger charge is -2.06. The second-order valence-electron chi connectivity index (χ2n) is 6.44. The van der Waals surface area contributed by atoms with E-state index in [1.807, 2.05) is 0 Å². The molecule has 0 aliphatic rings. The van der Waals surface area contributed by atoms with Crippen LogP contribution in [0.2, 0.25) is 5.02 Å². The monoisotopic (exact) mass is 437 g/mol. The number of nitrogens with one attached hydrogen (secondary N) is 2. The molecular weight excluding hydrogens is 422 g/mol. The number of nitrogens with zero attached hydrogens (tertiary/aromatic N) is 1. The molecule has 6 nitrogen and oxygen atoms in total. The molecule has 30 heavy (non-hydrogen) atoms. The van der Waals surface area contributed by atoms with Gasteiger partial charge in [-0.3, -0.25) is 4.79 Å². The van der Waals surface area contributed by atoms with Crippen LogP contribution >= 0.6 is 11.6 Å². The first-order valence-corrected chi connectivity index (χ1v) is 10.8. The number of fused-ring (bicyclic) bond motifs is 1. The number of halogens is 1. The zero-order valence-corrected chi connectivity index (χ0v) is 17.1. The van der Waals surface area contributed by atoms with Crippen LogP contribution in [0.25, 0.3) is 10.9 Å². The molecule has 0 radical (unpaired) electrons. The Morgan fingerprint density at radius 3 is 2.33 bits per heavy atom. The lowest BCUT2D eigenvalue weighted by Crippen LogP contribution is -2.20. The summed E-state index contributed by atoms with van der Waals surface area (Å²) < 4.78 is 26.6. The molecule has 150 valence electrons. The Kier molecular flexibility index (Phi) is 5.39. The van der Waals surface area contributed by atoms with Crippen LogP contribution in [-0.2, 0) is 9.84 Å². The third kappa shape index (κ3) is 3.85. The summed E-state index contributed by atoms with van der Waals surface area (Å²) in [6.45, 7) is 0. The van der Waals surface area contributed by atoms with E-state index in [0.29, 0.717) is 15.9 Å². The maximum Gasteiger partial charge on any atom is 0.289 e. The van der Waals surface area contributed by atoms with Crippen molar-refractivity contribution in [1.29, 1.82) is 0 Å². The minimum absolute atomic E-state index is 0.0756. The van der Waals surface area contributed by atoms with Crippen LogP contribution in [0.4, 0.5) is 0 Å². The quantitative estimate of drug-likeness (QED) is 0.357. The Hall–Kier alpha value is -3.42. The van der Waals surface area contributed by atoms with Crippen molar-refractivity contribution < 1.29 is 13.2 Å². The van der Waals surface area contributed by atoms with Crippen molar-refractivity contribution in [3.05, 3.63) is 95.1 Å². The number of carbonyl (C=O) groups is 1. The van der Waals surface area contributed by atoms with Gasteiger partial charge >= 0.3 is 0 Å². The average Bonchev–Trinajstić information content (AvgIpc) is 3.16. The molecule has 2 N–H and O–H groups in total.